The number of hydrogen-bond donors (Lipinski definition) is 2. The maximum Gasteiger partial charge on any atom is 0.240 e. The van der Waals surface area contributed by atoms with Crippen LogP contribution in [0.5, 0.6) is 0 Å². The molecular formula is C14H17N3O3S. The van der Waals surface area contributed by atoms with Crippen LogP contribution in [-0.4, -0.2) is 25.4 Å². The Kier molecular flexibility index (Phi) is 4.77. The second-order valence-electron chi connectivity index (χ2n) is 4.52. The fourth-order valence-electron chi connectivity index (χ4n) is 1.83. The van der Waals surface area contributed by atoms with Crippen molar-refractivity contribution in [1.82, 2.24) is 9.29 Å². The van der Waals surface area contributed by atoms with Crippen LogP contribution >= 0.6 is 0 Å². The van der Waals surface area contributed by atoms with Gasteiger partial charge in [0.05, 0.1) is 4.90 Å². The highest BCUT2D eigenvalue weighted by atomic mass is 32.2. The van der Waals surface area contributed by atoms with Crippen molar-refractivity contribution in [2.75, 3.05) is 11.9 Å². The van der Waals surface area contributed by atoms with Gasteiger partial charge in [-0.15, -0.1) is 0 Å². The van der Waals surface area contributed by atoms with Crippen molar-refractivity contribution in [3.63, 3.8) is 0 Å². The zero-order chi connectivity index (χ0) is 15.3. The zero-order valence-corrected chi connectivity index (χ0v) is 12.4. The topological polar surface area (TPSA) is 80.2 Å². The molecule has 0 saturated heterocycles. The molecule has 0 saturated carbocycles. The van der Waals surface area contributed by atoms with Gasteiger partial charge in [-0.1, -0.05) is 0 Å². The second-order valence-corrected chi connectivity index (χ2v) is 6.29. The fraction of sp³-hybridized carbons (Fsp3) is 0.214. The summed E-state index contributed by atoms with van der Waals surface area (Å²) < 4.78 is 28.6. The number of nitrogens with one attached hydrogen (secondary N) is 2. The van der Waals surface area contributed by atoms with Crippen molar-refractivity contribution in [1.29, 1.82) is 0 Å². The molecular weight excluding hydrogens is 290 g/mol. The Bertz CT molecular complexity index is 692. The molecule has 0 spiro atoms. The van der Waals surface area contributed by atoms with E-state index < -0.39 is 10.0 Å². The first kappa shape index (κ1) is 15.3. The van der Waals surface area contributed by atoms with Gasteiger partial charge in [0.1, 0.15) is 0 Å². The Labute approximate surface area is 123 Å². The van der Waals surface area contributed by atoms with Crippen molar-refractivity contribution >= 4 is 21.6 Å². The van der Waals surface area contributed by atoms with E-state index in [2.05, 4.69) is 10.0 Å². The minimum atomic E-state index is -3.53. The lowest BCUT2D eigenvalue weighted by molar-refractivity contribution is -0.114. The first-order valence-electron chi connectivity index (χ1n) is 6.45. The minimum Gasteiger partial charge on any atom is -0.353 e. The predicted octanol–water partition coefficient (Wildman–Crippen LogP) is 1.42. The van der Waals surface area contributed by atoms with Crippen LogP contribution < -0.4 is 10.0 Å². The molecule has 1 aromatic heterocycles. The van der Waals surface area contributed by atoms with Gasteiger partial charge in [0, 0.05) is 38.1 Å². The molecule has 0 aliphatic carbocycles. The molecule has 0 fully saturated rings. The van der Waals surface area contributed by atoms with Crippen LogP contribution in [0.1, 0.15) is 6.92 Å². The smallest absolute Gasteiger partial charge is 0.240 e. The van der Waals surface area contributed by atoms with E-state index >= 15 is 0 Å². The fourth-order valence-corrected chi connectivity index (χ4v) is 2.85. The number of amides is 1. The van der Waals surface area contributed by atoms with Crippen LogP contribution in [0.4, 0.5) is 5.69 Å². The molecule has 2 N–H and O–H groups in total. The Balaban J connectivity index is 1.96. The second kappa shape index (κ2) is 6.55. The number of carbonyl (C=O) groups is 1. The summed E-state index contributed by atoms with van der Waals surface area (Å²) in [6.07, 6.45) is 3.74. The summed E-state index contributed by atoms with van der Waals surface area (Å²) in [6, 6.07) is 9.81. The summed E-state index contributed by atoms with van der Waals surface area (Å²) in [6.45, 7) is 2.27. The number of hydrogen-bond acceptors (Lipinski definition) is 3. The van der Waals surface area contributed by atoms with Crippen LogP contribution in [0, 0.1) is 0 Å². The Morgan fingerprint density at radius 1 is 1.14 bits per heavy atom. The largest absolute Gasteiger partial charge is 0.353 e. The molecule has 0 aliphatic rings. The van der Waals surface area contributed by atoms with Gasteiger partial charge in [-0.25, -0.2) is 13.1 Å². The van der Waals surface area contributed by atoms with E-state index in [1.807, 2.05) is 29.1 Å². The van der Waals surface area contributed by atoms with Gasteiger partial charge in [0.25, 0.3) is 0 Å². The maximum atomic E-state index is 12.1. The first-order valence-corrected chi connectivity index (χ1v) is 7.94. The number of sulfonamides is 1. The number of aromatic nitrogens is 1. The molecule has 0 unspecified atom stereocenters. The van der Waals surface area contributed by atoms with Crippen molar-refractivity contribution in [3.05, 3.63) is 48.8 Å². The molecule has 2 rings (SSSR count). The molecule has 21 heavy (non-hydrogen) atoms. The Hall–Kier alpha value is -2.12. The maximum absolute atomic E-state index is 12.1. The van der Waals surface area contributed by atoms with Gasteiger partial charge in [-0.05, 0) is 36.4 Å². The molecule has 0 aliphatic heterocycles. The van der Waals surface area contributed by atoms with E-state index in [0.717, 1.165) is 0 Å². The third kappa shape index (κ3) is 4.44. The van der Waals surface area contributed by atoms with Gasteiger partial charge >= 0.3 is 0 Å². The average molecular weight is 307 g/mol. The third-order valence-corrected chi connectivity index (χ3v) is 4.29. The van der Waals surface area contributed by atoms with Crippen LogP contribution in [0.2, 0.25) is 0 Å². The molecule has 7 heteroatoms. The van der Waals surface area contributed by atoms with Gasteiger partial charge in [-0.2, -0.15) is 0 Å². The van der Waals surface area contributed by atoms with Crippen LogP contribution in [-0.2, 0) is 21.4 Å². The molecule has 112 valence electrons. The van der Waals surface area contributed by atoms with Gasteiger partial charge in [-0.3, -0.25) is 4.79 Å². The van der Waals surface area contributed by atoms with E-state index in [-0.39, 0.29) is 10.8 Å². The number of nitrogens with zero attached hydrogens (tertiary/aromatic N) is 1. The SMILES string of the molecule is CC(=O)Nc1ccc(S(=O)(=O)NCCn2cccc2)cc1. The highest BCUT2D eigenvalue weighted by Crippen LogP contribution is 2.13. The summed E-state index contributed by atoms with van der Waals surface area (Å²) >= 11 is 0. The lowest BCUT2D eigenvalue weighted by atomic mass is 10.3. The predicted molar refractivity (Wildman–Crippen MR) is 80.4 cm³/mol. The molecule has 2 aromatic rings. The van der Waals surface area contributed by atoms with Gasteiger partial charge in [0.15, 0.2) is 0 Å². The van der Waals surface area contributed by atoms with E-state index in [0.29, 0.717) is 18.8 Å². The third-order valence-electron chi connectivity index (χ3n) is 2.81. The lowest BCUT2D eigenvalue weighted by Gasteiger charge is -2.08. The quantitative estimate of drug-likeness (QED) is 0.847. The number of anilines is 1. The molecule has 0 bridgehead atoms. The average Bonchev–Trinajstić information content (AvgIpc) is 2.91. The Morgan fingerprint density at radius 3 is 2.33 bits per heavy atom. The monoisotopic (exact) mass is 307 g/mol. The summed E-state index contributed by atoms with van der Waals surface area (Å²) in [4.78, 5) is 11.1. The van der Waals surface area contributed by atoms with Crippen LogP contribution in [0.15, 0.2) is 53.7 Å². The highest BCUT2D eigenvalue weighted by Gasteiger charge is 2.13. The number of carbonyl (C=O) groups excluding carboxylic acids is 1. The highest BCUT2D eigenvalue weighted by molar-refractivity contribution is 7.89. The van der Waals surface area contributed by atoms with E-state index in [4.69, 9.17) is 0 Å². The first-order chi connectivity index (χ1) is 9.97. The standard InChI is InChI=1S/C14H17N3O3S/c1-12(18)16-13-4-6-14(7-5-13)21(19,20)15-8-11-17-9-2-3-10-17/h2-7,9-10,15H,8,11H2,1H3,(H,16,18). The van der Waals surface area contributed by atoms with Crippen molar-refractivity contribution < 1.29 is 13.2 Å². The summed E-state index contributed by atoms with van der Waals surface area (Å²) in [5.74, 6) is -0.199. The number of benzene rings is 1. The summed E-state index contributed by atoms with van der Waals surface area (Å²) in [7, 11) is -3.53. The van der Waals surface area contributed by atoms with Crippen LogP contribution in [0.25, 0.3) is 0 Å². The lowest BCUT2D eigenvalue weighted by Crippen LogP contribution is -2.27. The van der Waals surface area contributed by atoms with Gasteiger partial charge in [0.2, 0.25) is 15.9 Å². The summed E-state index contributed by atoms with van der Waals surface area (Å²) in [5.41, 5.74) is 0.564. The van der Waals surface area contributed by atoms with Crippen LogP contribution in [0.3, 0.4) is 0 Å². The van der Waals surface area contributed by atoms with Crippen molar-refractivity contribution in [2.24, 2.45) is 0 Å². The Morgan fingerprint density at radius 2 is 1.76 bits per heavy atom. The van der Waals surface area contributed by atoms with Gasteiger partial charge < -0.3 is 9.88 Å². The van der Waals surface area contributed by atoms with E-state index in [9.17, 15) is 13.2 Å². The molecule has 0 atom stereocenters. The van der Waals surface area contributed by atoms with E-state index in [1.54, 1.807) is 12.1 Å². The molecule has 0 radical (unpaired) electrons. The molecule has 1 heterocycles. The summed E-state index contributed by atoms with van der Waals surface area (Å²) in [5, 5.41) is 2.59. The molecule has 6 nitrogen and oxygen atoms in total. The molecule has 1 amide bonds. The number of rotatable bonds is 6. The van der Waals surface area contributed by atoms with Crippen molar-refractivity contribution in [2.45, 2.75) is 18.4 Å². The minimum absolute atomic E-state index is 0.170. The zero-order valence-electron chi connectivity index (χ0n) is 11.6. The molecule has 1 aromatic carbocycles. The van der Waals surface area contributed by atoms with Crippen molar-refractivity contribution in [3.8, 4) is 0 Å². The normalized spacial score (nSPS) is 11.3. The van der Waals surface area contributed by atoms with E-state index in [1.165, 1.54) is 19.1 Å².